The highest BCUT2D eigenvalue weighted by Crippen LogP contribution is 2.07. The highest BCUT2D eigenvalue weighted by molar-refractivity contribution is 5.36. The predicted molar refractivity (Wildman–Crippen MR) is 63.8 cm³/mol. The van der Waals surface area contributed by atoms with Crippen LogP contribution in [0.3, 0.4) is 0 Å². The van der Waals surface area contributed by atoms with Crippen LogP contribution in [0.4, 0.5) is 0 Å². The maximum atomic E-state index is 9.84. The molecule has 0 radical (unpaired) electrons. The summed E-state index contributed by atoms with van der Waals surface area (Å²) < 4.78 is 4.62. The van der Waals surface area contributed by atoms with E-state index in [1.165, 1.54) is 38.5 Å². The van der Waals surface area contributed by atoms with Gasteiger partial charge in [-0.15, -0.1) is 0 Å². The summed E-state index contributed by atoms with van der Waals surface area (Å²) >= 11 is 0. The van der Waals surface area contributed by atoms with Gasteiger partial charge in [-0.05, 0) is 25.7 Å². The Hall–Kier alpha value is -0.790. The molecular formula is C13H24O2. The van der Waals surface area contributed by atoms with Gasteiger partial charge in [0, 0.05) is 0 Å². The van der Waals surface area contributed by atoms with Crippen molar-refractivity contribution in [3.63, 3.8) is 0 Å². The monoisotopic (exact) mass is 212 g/mol. The van der Waals surface area contributed by atoms with Crippen molar-refractivity contribution in [2.75, 3.05) is 6.61 Å². The zero-order chi connectivity index (χ0) is 11.2. The van der Waals surface area contributed by atoms with Crippen molar-refractivity contribution in [1.82, 2.24) is 0 Å². The van der Waals surface area contributed by atoms with Crippen LogP contribution in [-0.2, 0) is 9.53 Å². The summed E-state index contributed by atoms with van der Waals surface area (Å²) in [5, 5.41) is 0. The fraction of sp³-hybridized carbons (Fsp3) is 0.769. The molecule has 0 aromatic heterocycles. The van der Waals surface area contributed by atoms with E-state index in [9.17, 15) is 4.79 Å². The molecule has 0 heterocycles. The normalized spacial score (nSPS) is 10.7. The van der Waals surface area contributed by atoms with Crippen LogP contribution in [0.5, 0.6) is 0 Å². The van der Waals surface area contributed by atoms with Gasteiger partial charge in [0.25, 0.3) is 6.47 Å². The number of ether oxygens (including phenoxy) is 1. The largest absolute Gasteiger partial charge is 0.468 e. The SMILES string of the molecule is CCC=CCCCCCCCCOC=O. The third-order valence-corrected chi connectivity index (χ3v) is 2.35. The van der Waals surface area contributed by atoms with Crippen LogP contribution < -0.4 is 0 Å². The molecule has 0 aromatic carbocycles. The molecule has 0 amide bonds. The van der Waals surface area contributed by atoms with Gasteiger partial charge in [0.05, 0.1) is 6.61 Å². The number of hydrogen-bond acceptors (Lipinski definition) is 2. The molecule has 0 fully saturated rings. The van der Waals surface area contributed by atoms with Crippen LogP contribution in [-0.4, -0.2) is 13.1 Å². The Labute approximate surface area is 93.7 Å². The van der Waals surface area contributed by atoms with Gasteiger partial charge in [-0.2, -0.15) is 0 Å². The molecule has 15 heavy (non-hydrogen) atoms. The summed E-state index contributed by atoms with van der Waals surface area (Å²) in [6.45, 7) is 3.28. The molecule has 0 N–H and O–H groups in total. The van der Waals surface area contributed by atoms with Gasteiger partial charge in [-0.1, -0.05) is 44.8 Å². The first kappa shape index (κ1) is 14.2. The van der Waals surface area contributed by atoms with Gasteiger partial charge in [-0.25, -0.2) is 0 Å². The van der Waals surface area contributed by atoms with Gasteiger partial charge in [0.2, 0.25) is 0 Å². The van der Waals surface area contributed by atoms with E-state index in [0.29, 0.717) is 13.1 Å². The first-order chi connectivity index (χ1) is 7.41. The molecule has 0 saturated carbocycles. The van der Waals surface area contributed by atoms with Crippen LogP contribution in [0.25, 0.3) is 0 Å². The molecule has 0 bridgehead atoms. The molecule has 0 rings (SSSR count). The Morgan fingerprint density at radius 2 is 1.60 bits per heavy atom. The van der Waals surface area contributed by atoms with E-state index >= 15 is 0 Å². The molecule has 0 unspecified atom stereocenters. The fourth-order valence-corrected chi connectivity index (χ4v) is 1.49. The van der Waals surface area contributed by atoms with Crippen LogP contribution in [0.15, 0.2) is 12.2 Å². The van der Waals surface area contributed by atoms with Crippen molar-refractivity contribution >= 4 is 6.47 Å². The van der Waals surface area contributed by atoms with Crippen LogP contribution in [0.2, 0.25) is 0 Å². The molecule has 0 aliphatic heterocycles. The van der Waals surface area contributed by atoms with Crippen molar-refractivity contribution < 1.29 is 9.53 Å². The molecule has 0 aromatic rings. The zero-order valence-corrected chi connectivity index (χ0v) is 9.91. The summed E-state index contributed by atoms with van der Waals surface area (Å²) in [4.78, 5) is 9.84. The maximum absolute atomic E-state index is 9.84. The van der Waals surface area contributed by atoms with Crippen LogP contribution >= 0.6 is 0 Å². The number of carbonyl (C=O) groups excluding carboxylic acids is 1. The lowest BCUT2D eigenvalue weighted by Gasteiger charge is -2.00. The van der Waals surface area contributed by atoms with E-state index in [4.69, 9.17) is 0 Å². The minimum absolute atomic E-state index is 0.528. The number of rotatable bonds is 11. The molecule has 0 aliphatic rings. The minimum Gasteiger partial charge on any atom is -0.468 e. The Bertz CT molecular complexity index is 153. The number of hydrogen-bond donors (Lipinski definition) is 0. The van der Waals surface area contributed by atoms with E-state index in [1.807, 2.05) is 0 Å². The number of allylic oxidation sites excluding steroid dienone is 2. The Kier molecular flexibility index (Phi) is 12.5. The van der Waals surface area contributed by atoms with Crippen LogP contribution in [0, 0.1) is 0 Å². The second-order valence-electron chi connectivity index (χ2n) is 3.76. The lowest BCUT2D eigenvalue weighted by molar-refractivity contribution is -0.128. The van der Waals surface area contributed by atoms with Crippen molar-refractivity contribution in [3.05, 3.63) is 12.2 Å². The van der Waals surface area contributed by atoms with Crippen molar-refractivity contribution in [3.8, 4) is 0 Å². The molecule has 0 aliphatic carbocycles. The number of carbonyl (C=O) groups is 1. The zero-order valence-electron chi connectivity index (χ0n) is 9.91. The van der Waals surface area contributed by atoms with Gasteiger partial charge in [0.15, 0.2) is 0 Å². The van der Waals surface area contributed by atoms with E-state index in [2.05, 4.69) is 23.8 Å². The molecule has 0 saturated heterocycles. The molecular weight excluding hydrogens is 188 g/mol. The number of unbranched alkanes of at least 4 members (excludes halogenated alkanes) is 6. The van der Waals surface area contributed by atoms with Gasteiger partial charge in [-0.3, -0.25) is 4.79 Å². The Balaban J connectivity index is 2.92. The quantitative estimate of drug-likeness (QED) is 0.295. The Morgan fingerprint density at radius 1 is 0.933 bits per heavy atom. The third-order valence-electron chi connectivity index (χ3n) is 2.35. The minimum atomic E-state index is 0.528. The average Bonchev–Trinajstić information content (AvgIpc) is 2.26. The summed E-state index contributed by atoms with van der Waals surface area (Å²) in [7, 11) is 0. The maximum Gasteiger partial charge on any atom is 0.293 e. The first-order valence-electron chi connectivity index (χ1n) is 6.12. The highest BCUT2D eigenvalue weighted by atomic mass is 16.5. The average molecular weight is 212 g/mol. The van der Waals surface area contributed by atoms with Crippen molar-refractivity contribution in [2.24, 2.45) is 0 Å². The molecule has 88 valence electrons. The summed E-state index contributed by atoms with van der Waals surface area (Å²) in [5.74, 6) is 0. The lowest BCUT2D eigenvalue weighted by atomic mass is 10.1. The third kappa shape index (κ3) is 13.2. The standard InChI is InChI=1S/C13H24O2/c1-2-3-4-5-6-7-8-9-10-11-12-15-13-14/h3-4,13H,2,5-12H2,1H3. The summed E-state index contributed by atoms with van der Waals surface area (Å²) in [6.07, 6.45) is 14.3. The van der Waals surface area contributed by atoms with Gasteiger partial charge < -0.3 is 4.74 Å². The smallest absolute Gasteiger partial charge is 0.293 e. The fourth-order valence-electron chi connectivity index (χ4n) is 1.49. The summed E-state index contributed by atoms with van der Waals surface area (Å²) in [5.41, 5.74) is 0. The molecule has 0 spiro atoms. The van der Waals surface area contributed by atoms with Crippen LogP contribution in [0.1, 0.15) is 58.3 Å². The van der Waals surface area contributed by atoms with E-state index in [-0.39, 0.29) is 0 Å². The highest BCUT2D eigenvalue weighted by Gasteiger charge is 1.90. The summed E-state index contributed by atoms with van der Waals surface area (Å²) in [6, 6.07) is 0. The molecule has 2 heteroatoms. The van der Waals surface area contributed by atoms with E-state index in [0.717, 1.165) is 12.8 Å². The molecule has 2 nitrogen and oxygen atoms in total. The first-order valence-corrected chi connectivity index (χ1v) is 6.12. The second kappa shape index (κ2) is 13.2. The van der Waals surface area contributed by atoms with Gasteiger partial charge in [0.1, 0.15) is 0 Å². The molecule has 0 atom stereocenters. The lowest BCUT2D eigenvalue weighted by Crippen LogP contribution is -1.91. The Morgan fingerprint density at radius 3 is 2.27 bits per heavy atom. The van der Waals surface area contributed by atoms with Gasteiger partial charge >= 0.3 is 0 Å². The second-order valence-corrected chi connectivity index (χ2v) is 3.76. The van der Waals surface area contributed by atoms with Crippen molar-refractivity contribution in [2.45, 2.75) is 58.3 Å². The topological polar surface area (TPSA) is 26.3 Å². The predicted octanol–water partition coefficient (Wildman–Crippen LogP) is 3.86. The van der Waals surface area contributed by atoms with E-state index < -0.39 is 0 Å². The van der Waals surface area contributed by atoms with E-state index in [1.54, 1.807) is 0 Å². The van der Waals surface area contributed by atoms with Crippen molar-refractivity contribution in [1.29, 1.82) is 0 Å².